The largest absolute Gasteiger partial charge is 0.389 e. The molecule has 18 heavy (non-hydrogen) atoms. The van der Waals surface area contributed by atoms with Crippen LogP contribution in [-0.4, -0.2) is 11.7 Å². The van der Waals surface area contributed by atoms with Crippen LogP contribution in [0.3, 0.4) is 0 Å². The van der Waals surface area contributed by atoms with Crippen LogP contribution in [0.1, 0.15) is 0 Å². The number of benzene rings is 2. The van der Waals surface area contributed by atoms with Gasteiger partial charge >= 0.3 is 6.85 Å². The highest BCUT2D eigenvalue weighted by atomic mass is 15.0. The molecule has 0 fully saturated rings. The SMILES string of the molecule is C1=c2ccccc2=CN2C=c3ccccc3=CB12. The summed E-state index contributed by atoms with van der Waals surface area (Å²) >= 11 is 0. The molecule has 2 aromatic carbocycles. The molecule has 0 saturated heterocycles. The molecule has 0 spiro atoms. The van der Waals surface area contributed by atoms with E-state index in [1.807, 2.05) is 0 Å². The van der Waals surface area contributed by atoms with Crippen LogP contribution >= 0.6 is 0 Å². The van der Waals surface area contributed by atoms with Gasteiger partial charge in [0.2, 0.25) is 0 Å². The van der Waals surface area contributed by atoms with Crippen LogP contribution in [-0.2, 0) is 0 Å². The van der Waals surface area contributed by atoms with E-state index in [1.54, 1.807) is 0 Å². The summed E-state index contributed by atoms with van der Waals surface area (Å²) in [5.74, 6) is 4.64. The van der Waals surface area contributed by atoms with Gasteiger partial charge in [-0.25, -0.2) is 0 Å². The van der Waals surface area contributed by atoms with E-state index in [0.717, 1.165) is 0 Å². The van der Waals surface area contributed by atoms with Gasteiger partial charge in [-0.05, 0) is 33.3 Å². The van der Waals surface area contributed by atoms with Gasteiger partial charge < -0.3 is 4.81 Å². The zero-order valence-corrected chi connectivity index (χ0v) is 9.95. The van der Waals surface area contributed by atoms with Gasteiger partial charge in [0.15, 0.2) is 0 Å². The first-order valence-electron chi connectivity index (χ1n) is 6.25. The molecule has 2 aliphatic rings. The number of nitrogens with zero attached hydrogens (tertiary/aromatic N) is 1. The minimum absolute atomic E-state index is 0.342. The lowest BCUT2D eigenvalue weighted by atomic mass is 9.57. The summed E-state index contributed by atoms with van der Waals surface area (Å²) in [7, 11) is 0. The molecule has 0 aromatic heterocycles. The molecule has 4 rings (SSSR count). The van der Waals surface area contributed by atoms with Crippen LogP contribution in [0.4, 0.5) is 0 Å². The lowest BCUT2D eigenvalue weighted by Gasteiger charge is -2.25. The number of hydrogen-bond acceptors (Lipinski definition) is 1. The molecule has 0 saturated carbocycles. The van der Waals surface area contributed by atoms with Crippen LogP contribution in [0.2, 0.25) is 0 Å². The summed E-state index contributed by atoms with van der Waals surface area (Å²) in [5.41, 5.74) is 0. The maximum absolute atomic E-state index is 2.32. The molecule has 0 unspecified atom stereocenters. The third-order valence-corrected chi connectivity index (χ3v) is 3.61. The van der Waals surface area contributed by atoms with E-state index in [9.17, 15) is 0 Å². The standard InChI is InChI=1S/C16H12BN/c1-3-7-15-11-18-12-16-8-4-2-6-14(16)10-17(18)9-13(15)5-1/h1-12H. The van der Waals surface area contributed by atoms with Crippen molar-refractivity contribution in [2.24, 2.45) is 0 Å². The van der Waals surface area contributed by atoms with E-state index in [4.69, 9.17) is 0 Å². The second kappa shape index (κ2) is 3.64. The highest BCUT2D eigenvalue weighted by Gasteiger charge is 2.19. The second-order valence-corrected chi connectivity index (χ2v) is 4.79. The van der Waals surface area contributed by atoms with E-state index in [2.05, 4.69) is 77.7 Å². The minimum Gasteiger partial charge on any atom is -0.389 e. The Morgan fingerprint density at radius 1 is 0.611 bits per heavy atom. The molecule has 0 N–H and O–H groups in total. The maximum atomic E-state index is 2.32. The van der Waals surface area contributed by atoms with Gasteiger partial charge in [0, 0.05) is 0 Å². The van der Waals surface area contributed by atoms with Crippen LogP contribution in [0.25, 0.3) is 24.4 Å². The lowest BCUT2D eigenvalue weighted by molar-refractivity contribution is 0.928. The summed E-state index contributed by atoms with van der Waals surface area (Å²) in [4.78, 5) is 2.28. The van der Waals surface area contributed by atoms with Crippen molar-refractivity contribution in [3.05, 3.63) is 69.4 Å². The molecule has 2 heteroatoms. The molecular formula is C16H12BN. The molecule has 0 atom stereocenters. The predicted octanol–water partition coefficient (Wildman–Crippen LogP) is -0.177. The highest BCUT2D eigenvalue weighted by molar-refractivity contribution is 6.84. The van der Waals surface area contributed by atoms with E-state index in [-0.39, 0.29) is 0 Å². The van der Waals surface area contributed by atoms with Crippen molar-refractivity contribution in [2.45, 2.75) is 0 Å². The van der Waals surface area contributed by atoms with E-state index >= 15 is 0 Å². The molecule has 2 heterocycles. The average Bonchev–Trinajstić information content (AvgIpc) is 2.42. The first kappa shape index (κ1) is 9.78. The number of rotatable bonds is 0. The molecule has 0 amide bonds. The number of fused-ring (bicyclic) bond motifs is 3. The molecule has 0 aliphatic carbocycles. The molecular weight excluding hydrogens is 217 g/mol. The lowest BCUT2D eigenvalue weighted by Crippen LogP contribution is -2.46. The first-order chi connectivity index (χ1) is 8.90. The third-order valence-electron chi connectivity index (χ3n) is 3.61. The zero-order chi connectivity index (χ0) is 11.9. The van der Waals surface area contributed by atoms with Crippen molar-refractivity contribution >= 4 is 31.2 Å². The Labute approximate surface area is 106 Å². The molecule has 0 radical (unpaired) electrons. The Morgan fingerprint density at radius 2 is 1.06 bits per heavy atom. The fourth-order valence-corrected chi connectivity index (χ4v) is 2.68. The van der Waals surface area contributed by atoms with Crippen molar-refractivity contribution < 1.29 is 0 Å². The molecule has 84 valence electrons. The summed E-state index contributed by atoms with van der Waals surface area (Å²) in [6.45, 7) is 0.342. The van der Waals surface area contributed by atoms with Crippen LogP contribution in [0, 0.1) is 0 Å². The fourth-order valence-electron chi connectivity index (χ4n) is 2.68. The van der Waals surface area contributed by atoms with Gasteiger partial charge in [0.1, 0.15) is 0 Å². The maximum Gasteiger partial charge on any atom is 0.313 e. The Hall–Kier alpha value is -2.22. The predicted molar refractivity (Wildman–Crippen MR) is 76.8 cm³/mol. The van der Waals surface area contributed by atoms with Crippen molar-refractivity contribution in [1.29, 1.82) is 0 Å². The monoisotopic (exact) mass is 229 g/mol. The van der Waals surface area contributed by atoms with Gasteiger partial charge in [-0.3, -0.25) is 0 Å². The van der Waals surface area contributed by atoms with Crippen LogP contribution < -0.4 is 20.9 Å². The topological polar surface area (TPSA) is 3.24 Å². The van der Waals surface area contributed by atoms with Crippen molar-refractivity contribution in [2.75, 3.05) is 0 Å². The summed E-state index contributed by atoms with van der Waals surface area (Å²) in [6.07, 6.45) is 4.46. The Kier molecular flexibility index (Phi) is 1.98. The van der Waals surface area contributed by atoms with Crippen LogP contribution in [0.5, 0.6) is 0 Å². The summed E-state index contributed by atoms with van der Waals surface area (Å²) in [5, 5.41) is 5.22. The molecule has 2 aromatic rings. The normalized spacial score (nSPS) is 15.1. The van der Waals surface area contributed by atoms with Crippen LogP contribution in [0.15, 0.2) is 48.5 Å². The van der Waals surface area contributed by atoms with Gasteiger partial charge in [0.05, 0.1) is 0 Å². The average molecular weight is 229 g/mol. The molecule has 1 nitrogen and oxygen atoms in total. The Morgan fingerprint density at radius 3 is 1.56 bits per heavy atom. The molecule has 0 bridgehead atoms. The van der Waals surface area contributed by atoms with Gasteiger partial charge in [0.25, 0.3) is 0 Å². The van der Waals surface area contributed by atoms with E-state index in [0.29, 0.717) is 6.85 Å². The minimum atomic E-state index is 0.342. The fraction of sp³-hybridized carbons (Fsp3) is 0. The zero-order valence-electron chi connectivity index (χ0n) is 9.95. The highest BCUT2D eigenvalue weighted by Crippen LogP contribution is 2.05. The molecule has 2 aliphatic heterocycles. The van der Waals surface area contributed by atoms with Gasteiger partial charge in [-0.1, -0.05) is 60.5 Å². The Balaban J connectivity index is 2.01. The van der Waals surface area contributed by atoms with E-state index < -0.39 is 0 Å². The first-order valence-corrected chi connectivity index (χ1v) is 6.25. The second-order valence-electron chi connectivity index (χ2n) is 4.79. The van der Waals surface area contributed by atoms with Gasteiger partial charge in [-0.15, -0.1) is 0 Å². The third kappa shape index (κ3) is 1.42. The van der Waals surface area contributed by atoms with Gasteiger partial charge in [-0.2, -0.15) is 0 Å². The van der Waals surface area contributed by atoms with Crippen molar-refractivity contribution in [3.63, 3.8) is 0 Å². The van der Waals surface area contributed by atoms with E-state index in [1.165, 1.54) is 20.9 Å². The smallest absolute Gasteiger partial charge is 0.313 e. The quantitative estimate of drug-likeness (QED) is 0.566. The van der Waals surface area contributed by atoms with Crippen molar-refractivity contribution in [1.82, 2.24) is 4.81 Å². The Bertz CT molecular complexity index is 708. The van der Waals surface area contributed by atoms with Crippen molar-refractivity contribution in [3.8, 4) is 0 Å². The summed E-state index contributed by atoms with van der Waals surface area (Å²) < 4.78 is 0. The number of hydrogen-bond donors (Lipinski definition) is 0. The summed E-state index contributed by atoms with van der Waals surface area (Å²) in [6, 6.07) is 17.1.